The van der Waals surface area contributed by atoms with Crippen LogP contribution in [0.2, 0.25) is 0 Å². The molecule has 0 aromatic heterocycles. The molecule has 0 heterocycles. The fraction of sp³-hybridized carbons (Fsp3) is 0.733. The standard InChI is InChI=1S/C45H80NO8P/c1-3-5-7-9-11-13-15-17-19-20-21-22-24-25-27-29-31-33-35-37-44(47)51-41-43(42-53-55(49,50)52-40-39-46)54-45(48)38-36-34-32-30-28-26-23-18-16-14-12-10-8-6-4-2/h11-14,17-19,23,28,30,43H,3-10,15-16,20-22,24-27,29,31-42,46H2,1-2H3,(H,49,50). The third kappa shape index (κ3) is 41.2. The average Bonchev–Trinajstić information content (AvgIpc) is 3.17. The summed E-state index contributed by atoms with van der Waals surface area (Å²) in [5.74, 6) is -0.881. The van der Waals surface area contributed by atoms with Crippen molar-refractivity contribution < 1.29 is 37.6 Å². The first-order valence-corrected chi connectivity index (χ1v) is 23.3. The highest BCUT2D eigenvalue weighted by molar-refractivity contribution is 7.47. The maximum absolute atomic E-state index is 12.6. The van der Waals surface area contributed by atoms with Gasteiger partial charge in [-0.3, -0.25) is 18.6 Å². The molecule has 0 aromatic carbocycles. The zero-order valence-corrected chi connectivity index (χ0v) is 35.8. The van der Waals surface area contributed by atoms with Crippen molar-refractivity contribution in [2.24, 2.45) is 5.73 Å². The number of unbranched alkanes of at least 4 members (excludes halogenated alkanes) is 17. The van der Waals surface area contributed by atoms with Gasteiger partial charge in [0.15, 0.2) is 6.10 Å². The maximum atomic E-state index is 12.6. The van der Waals surface area contributed by atoms with E-state index in [1.807, 2.05) is 0 Å². The SMILES string of the molecule is CCCCCC=CCC=CCC=CCCCCC(=O)OC(COC(=O)CCCCCCCCCCCC=CCC=CCCCCC)COP(=O)(O)OCCN. The summed E-state index contributed by atoms with van der Waals surface area (Å²) in [6.45, 7) is 3.62. The summed E-state index contributed by atoms with van der Waals surface area (Å²) in [5, 5.41) is 0. The third-order valence-electron chi connectivity index (χ3n) is 8.88. The van der Waals surface area contributed by atoms with E-state index in [9.17, 15) is 19.0 Å². The van der Waals surface area contributed by atoms with Crippen LogP contribution in [0.25, 0.3) is 0 Å². The van der Waals surface area contributed by atoms with Crippen LogP contribution in [0.1, 0.15) is 181 Å². The first-order chi connectivity index (χ1) is 26.8. The first-order valence-electron chi connectivity index (χ1n) is 21.8. The van der Waals surface area contributed by atoms with Gasteiger partial charge in [-0.05, 0) is 83.5 Å². The number of rotatable bonds is 40. The lowest BCUT2D eigenvalue weighted by Crippen LogP contribution is -2.29. The fourth-order valence-electron chi connectivity index (χ4n) is 5.61. The van der Waals surface area contributed by atoms with Crippen molar-refractivity contribution in [1.82, 2.24) is 0 Å². The Balaban J connectivity index is 4.20. The van der Waals surface area contributed by atoms with E-state index in [2.05, 4.69) is 74.6 Å². The molecule has 0 aliphatic rings. The van der Waals surface area contributed by atoms with Crippen LogP contribution in [0.3, 0.4) is 0 Å². The number of phosphoric acid groups is 1. The average molecular weight is 794 g/mol. The Morgan fingerprint density at radius 2 is 0.945 bits per heavy atom. The number of carbonyl (C=O) groups is 2. The number of phosphoric ester groups is 1. The number of hydrogen-bond donors (Lipinski definition) is 2. The van der Waals surface area contributed by atoms with E-state index < -0.39 is 32.5 Å². The Labute approximate surface area is 336 Å². The number of allylic oxidation sites excluding steroid dienone is 10. The van der Waals surface area contributed by atoms with E-state index in [1.165, 1.54) is 77.0 Å². The molecular weight excluding hydrogens is 713 g/mol. The van der Waals surface area contributed by atoms with Crippen molar-refractivity contribution in [3.05, 3.63) is 60.8 Å². The third-order valence-corrected chi connectivity index (χ3v) is 9.86. The number of ether oxygens (including phenoxy) is 2. The van der Waals surface area contributed by atoms with E-state index in [4.69, 9.17) is 24.3 Å². The van der Waals surface area contributed by atoms with E-state index >= 15 is 0 Å². The van der Waals surface area contributed by atoms with Crippen molar-refractivity contribution in [1.29, 1.82) is 0 Å². The van der Waals surface area contributed by atoms with Gasteiger partial charge in [0.05, 0.1) is 13.2 Å². The quantitative estimate of drug-likeness (QED) is 0.0269. The number of hydrogen-bond acceptors (Lipinski definition) is 8. The summed E-state index contributed by atoms with van der Waals surface area (Å²) in [5.41, 5.74) is 5.34. The van der Waals surface area contributed by atoms with Crippen LogP contribution in [0.15, 0.2) is 60.8 Å². The zero-order valence-electron chi connectivity index (χ0n) is 34.9. The van der Waals surface area contributed by atoms with Gasteiger partial charge < -0.3 is 20.1 Å². The molecule has 0 aliphatic heterocycles. The Morgan fingerprint density at radius 1 is 0.545 bits per heavy atom. The molecule has 0 fully saturated rings. The van der Waals surface area contributed by atoms with Gasteiger partial charge in [0.25, 0.3) is 0 Å². The minimum atomic E-state index is -4.39. The summed E-state index contributed by atoms with van der Waals surface area (Å²) in [6.07, 6.45) is 48.2. The van der Waals surface area contributed by atoms with Gasteiger partial charge in [0, 0.05) is 19.4 Å². The Bertz CT molecular complexity index is 1090. The van der Waals surface area contributed by atoms with Gasteiger partial charge >= 0.3 is 19.8 Å². The second-order valence-corrected chi connectivity index (χ2v) is 15.7. The summed E-state index contributed by atoms with van der Waals surface area (Å²) < 4.78 is 32.7. The number of nitrogens with two attached hydrogens (primary N) is 1. The molecule has 0 aliphatic carbocycles. The summed E-state index contributed by atoms with van der Waals surface area (Å²) >= 11 is 0. The highest BCUT2D eigenvalue weighted by atomic mass is 31.2. The van der Waals surface area contributed by atoms with Crippen LogP contribution >= 0.6 is 7.82 Å². The predicted octanol–water partition coefficient (Wildman–Crippen LogP) is 12.5. The van der Waals surface area contributed by atoms with E-state index in [0.29, 0.717) is 6.42 Å². The molecule has 318 valence electrons. The van der Waals surface area contributed by atoms with Crippen LogP contribution < -0.4 is 5.73 Å². The van der Waals surface area contributed by atoms with Gasteiger partial charge in [-0.2, -0.15) is 0 Å². The van der Waals surface area contributed by atoms with Gasteiger partial charge in [-0.1, -0.05) is 145 Å². The Kier molecular flexibility index (Phi) is 39.6. The van der Waals surface area contributed by atoms with Gasteiger partial charge in [0.2, 0.25) is 0 Å². The molecular formula is C45H80NO8P. The zero-order chi connectivity index (χ0) is 40.3. The van der Waals surface area contributed by atoms with Crippen molar-refractivity contribution in [2.45, 2.75) is 187 Å². The second kappa shape index (κ2) is 41.3. The minimum Gasteiger partial charge on any atom is -0.462 e. The smallest absolute Gasteiger partial charge is 0.462 e. The van der Waals surface area contributed by atoms with E-state index in [-0.39, 0.29) is 32.6 Å². The fourth-order valence-corrected chi connectivity index (χ4v) is 6.38. The van der Waals surface area contributed by atoms with Crippen molar-refractivity contribution in [3.63, 3.8) is 0 Å². The molecule has 0 aromatic rings. The Hall–Kier alpha value is -2.29. The van der Waals surface area contributed by atoms with E-state index in [1.54, 1.807) is 0 Å². The molecule has 0 spiro atoms. The van der Waals surface area contributed by atoms with Crippen molar-refractivity contribution in [2.75, 3.05) is 26.4 Å². The Morgan fingerprint density at radius 3 is 1.44 bits per heavy atom. The van der Waals surface area contributed by atoms with E-state index in [0.717, 1.165) is 70.6 Å². The first kappa shape index (κ1) is 52.7. The molecule has 2 atom stereocenters. The molecule has 0 amide bonds. The van der Waals surface area contributed by atoms with Gasteiger partial charge in [-0.25, -0.2) is 4.57 Å². The number of esters is 2. The molecule has 0 bridgehead atoms. The topological polar surface area (TPSA) is 134 Å². The molecule has 0 saturated heterocycles. The maximum Gasteiger partial charge on any atom is 0.472 e. The van der Waals surface area contributed by atoms with Gasteiger partial charge in [-0.15, -0.1) is 0 Å². The molecule has 55 heavy (non-hydrogen) atoms. The van der Waals surface area contributed by atoms with Crippen LogP contribution in [0, 0.1) is 0 Å². The lowest BCUT2D eigenvalue weighted by atomic mass is 10.1. The van der Waals surface area contributed by atoms with Crippen molar-refractivity contribution >= 4 is 19.8 Å². The number of carbonyl (C=O) groups excluding carboxylic acids is 2. The highest BCUT2D eigenvalue weighted by Gasteiger charge is 2.25. The molecule has 3 N–H and O–H groups in total. The van der Waals surface area contributed by atoms with Crippen LogP contribution in [-0.2, 0) is 32.7 Å². The largest absolute Gasteiger partial charge is 0.472 e. The van der Waals surface area contributed by atoms with Crippen LogP contribution in [0.5, 0.6) is 0 Å². The summed E-state index contributed by atoms with van der Waals surface area (Å²) in [7, 11) is -4.39. The molecule has 9 nitrogen and oxygen atoms in total. The molecule has 0 radical (unpaired) electrons. The molecule has 0 rings (SSSR count). The lowest BCUT2D eigenvalue weighted by molar-refractivity contribution is -0.161. The van der Waals surface area contributed by atoms with Crippen LogP contribution in [0.4, 0.5) is 0 Å². The molecule has 10 heteroatoms. The normalized spacial score (nSPS) is 13.9. The minimum absolute atomic E-state index is 0.0443. The van der Waals surface area contributed by atoms with Crippen molar-refractivity contribution in [3.8, 4) is 0 Å². The highest BCUT2D eigenvalue weighted by Crippen LogP contribution is 2.43. The lowest BCUT2D eigenvalue weighted by Gasteiger charge is -2.19. The summed E-state index contributed by atoms with van der Waals surface area (Å²) in [6, 6.07) is 0. The second-order valence-electron chi connectivity index (χ2n) is 14.2. The summed E-state index contributed by atoms with van der Waals surface area (Å²) in [4.78, 5) is 34.8. The molecule has 0 saturated carbocycles. The monoisotopic (exact) mass is 794 g/mol. The predicted molar refractivity (Wildman–Crippen MR) is 229 cm³/mol. The molecule has 2 unspecified atom stereocenters. The van der Waals surface area contributed by atoms with Gasteiger partial charge in [0.1, 0.15) is 6.61 Å². The van der Waals surface area contributed by atoms with Crippen LogP contribution in [-0.4, -0.2) is 49.3 Å².